The maximum absolute atomic E-state index is 5.41. The van der Waals surface area contributed by atoms with Crippen LogP contribution in [0.2, 0.25) is 0 Å². The number of thioether (sulfide) groups is 1. The molecule has 0 aliphatic carbocycles. The first kappa shape index (κ1) is 15.5. The Hall–Kier alpha value is -2.05. The highest BCUT2D eigenvalue weighted by Gasteiger charge is 2.15. The van der Waals surface area contributed by atoms with Gasteiger partial charge in [-0.05, 0) is 43.4 Å². The van der Waals surface area contributed by atoms with Crippen LogP contribution in [-0.2, 0) is 4.74 Å². The van der Waals surface area contributed by atoms with Gasteiger partial charge in [0.15, 0.2) is 5.65 Å². The predicted molar refractivity (Wildman–Crippen MR) is 97.7 cm³/mol. The van der Waals surface area contributed by atoms with E-state index in [0.717, 1.165) is 48.8 Å². The maximum atomic E-state index is 5.41. The molecule has 1 aliphatic heterocycles. The number of fused-ring (bicyclic) bond motifs is 1. The van der Waals surface area contributed by atoms with E-state index in [9.17, 15) is 0 Å². The summed E-state index contributed by atoms with van der Waals surface area (Å²) in [7, 11) is 0. The van der Waals surface area contributed by atoms with E-state index in [1.165, 1.54) is 4.90 Å². The molecule has 3 aromatic rings. The summed E-state index contributed by atoms with van der Waals surface area (Å²) in [5.74, 6) is 0.884. The summed E-state index contributed by atoms with van der Waals surface area (Å²) in [4.78, 5) is 5.73. The minimum atomic E-state index is 0.427. The lowest BCUT2D eigenvalue weighted by Crippen LogP contribution is -2.28. The standard InChI is InChI=1S/C18H20N4OS/c1-24-15-4-2-13(3-5-15)16-12-19-18-7-6-17(21-22(16)18)20-14-8-10-23-11-9-14/h2-7,12,14H,8-11H2,1H3,(H,20,21). The van der Waals surface area contributed by atoms with Gasteiger partial charge in [-0.15, -0.1) is 16.9 Å². The first-order valence-corrected chi connectivity index (χ1v) is 9.39. The zero-order chi connectivity index (χ0) is 16.4. The SMILES string of the molecule is CSc1ccc(-c2cnc3ccc(NC4CCOCC4)nn23)cc1. The number of hydrogen-bond acceptors (Lipinski definition) is 5. The fraction of sp³-hybridized carbons (Fsp3) is 0.333. The van der Waals surface area contributed by atoms with Crippen molar-refractivity contribution in [3.8, 4) is 11.3 Å². The van der Waals surface area contributed by atoms with Crippen molar-refractivity contribution in [2.24, 2.45) is 0 Å². The first-order chi connectivity index (χ1) is 11.8. The fourth-order valence-corrected chi connectivity index (χ4v) is 3.37. The molecule has 5 nitrogen and oxygen atoms in total. The van der Waals surface area contributed by atoms with Crippen molar-refractivity contribution >= 4 is 23.2 Å². The second kappa shape index (κ2) is 6.83. The lowest BCUT2D eigenvalue weighted by atomic mass is 10.1. The highest BCUT2D eigenvalue weighted by Crippen LogP contribution is 2.24. The lowest BCUT2D eigenvalue weighted by Gasteiger charge is -2.23. The third-order valence-electron chi connectivity index (χ3n) is 4.32. The molecule has 24 heavy (non-hydrogen) atoms. The summed E-state index contributed by atoms with van der Waals surface area (Å²) in [5, 5.41) is 8.26. The van der Waals surface area contributed by atoms with Crippen LogP contribution >= 0.6 is 11.8 Å². The van der Waals surface area contributed by atoms with Crippen LogP contribution in [0.3, 0.4) is 0 Å². The maximum Gasteiger partial charge on any atom is 0.154 e. The number of anilines is 1. The van der Waals surface area contributed by atoms with Gasteiger partial charge in [0.1, 0.15) is 5.82 Å². The molecule has 1 aromatic carbocycles. The van der Waals surface area contributed by atoms with Crippen molar-refractivity contribution in [3.05, 3.63) is 42.6 Å². The van der Waals surface area contributed by atoms with E-state index in [2.05, 4.69) is 40.8 Å². The van der Waals surface area contributed by atoms with Crippen molar-refractivity contribution in [2.45, 2.75) is 23.8 Å². The van der Waals surface area contributed by atoms with Crippen molar-refractivity contribution in [1.82, 2.24) is 14.6 Å². The molecule has 2 aromatic heterocycles. The Balaban J connectivity index is 1.64. The van der Waals surface area contributed by atoms with E-state index in [1.54, 1.807) is 11.8 Å². The molecule has 0 saturated carbocycles. The van der Waals surface area contributed by atoms with Crippen molar-refractivity contribution < 1.29 is 4.74 Å². The minimum Gasteiger partial charge on any atom is -0.381 e. The molecule has 4 rings (SSSR count). The van der Waals surface area contributed by atoms with Gasteiger partial charge in [-0.25, -0.2) is 9.50 Å². The van der Waals surface area contributed by atoms with Crippen LogP contribution in [0, 0.1) is 0 Å². The Morgan fingerprint density at radius 3 is 2.67 bits per heavy atom. The highest BCUT2D eigenvalue weighted by atomic mass is 32.2. The van der Waals surface area contributed by atoms with Gasteiger partial charge in [0.25, 0.3) is 0 Å². The molecule has 0 unspecified atom stereocenters. The van der Waals surface area contributed by atoms with Crippen LogP contribution in [0.5, 0.6) is 0 Å². The normalized spacial score (nSPS) is 15.7. The van der Waals surface area contributed by atoms with Gasteiger partial charge in [0.05, 0.1) is 11.9 Å². The molecule has 0 bridgehead atoms. The Morgan fingerprint density at radius 1 is 1.12 bits per heavy atom. The van der Waals surface area contributed by atoms with Crippen molar-refractivity contribution in [2.75, 3.05) is 24.8 Å². The van der Waals surface area contributed by atoms with Crippen LogP contribution in [0.25, 0.3) is 16.9 Å². The van der Waals surface area contributed by atoms with E-state index >= 15 is 0 Å². The summed E-state index contributed by atoms with van der Waals surface area (Å²) in [6, 6.07) is 12.9. The molecule has 0 atom stereocenters. The molecular weight excluding hydrogens is 320 g/mol. The fourth-order valence-electron chi connectivity index (χ4n) is 2.96. The molecule has 3 heterocycles. The van der Waals surface area contributed by atoms with Crippen LogP contribution in [0.15, 0.2) is 47.5 Å². The van der Waals surface area contributed by atoms with Crippen molar-refractivity contribution in [1.29, 1.82) is 0 Å². The number of ether oxygens (including phenoxy) is 1. The van der Waals surface area contributed by atoms with E-state index < -0.39 is 0 Å². The molecule has 0 amide bonds. The first-order valence-electron chi connectivity index (χ1n) is 8.17. The van der Waals surface area contributed by atoms with Crippen LogP contribution in [0.1, 0.15) is 12.8 Å². The molecule has 0 radical (unpaired) electrons. The highest BCUT2D eigenvalue weighted by molar-refractivity contribution is 7.98. The number of benzene rings is 1. The number of aromatic nitrogens is 3. The molecule has 0 spiro atoms. The lowest BCUT2D eigenvalue weighted by molar-refractivity contribution is 0.0903. The summed E-state index contributed by atoms with van der Waals surface area (Å²) in [6.07, 6.45) is 6.01. The number of imidazole rings is 1. The topological polar surface area (TPSA) is 51.5 Å². The number of nitrogens with one attached hydrogen (secondary N) is 1. The average molecular weight is 340 g/mol. The van der Waals surface area contributed by atoms with Gasteiger partial charge in [-0.3, -0.25) is 0 Å². The van der Waals surface area contributed by atoms with Gasteiger partial charge in [0.2, 0.25) is 0 Å². The van der Waals surface area contributed by atoms with E-state index in [-0.39, 0.29) is 0 Å². The zero-order valence-electron chi connectivity index (χ0n) is 13.6. The Bertz CT molecular complexity index is 825. The summed E-state index contributed by atoms with van der Waals surface area (Å²) in [5.41, 5.74) is 2.99. The molecule has 1 aliphatic rings. The summed E-state index contributed by atoms with van der Waals surface area (Å²) in [6.45, 7) is 1.63. The van der Waals surface area contributed by atoms with Gasteiger partial charge >= 0.3 is 0 Å². The minimum absolute atomic E-state index is 0.427. The molecule has 6 heteroatoms. The Labute approximate surface area is 145 Å². The predicted octanol–water partition coefficient (Wildman–Crippen LogP) is 3.71. The van der Waals surface area contributed by atoms with Crippen LogP contribution < -0.4 is 5.32 Å². The van der Waals surface area contributed by atoms with E-state index in [0.29, 0.717) is 6.04 Å². The molecular formula is C18H20N4OS. The zero-order valence-corrected chi connectivity index (χ0v) is 14.4. The molecule has 1 N–H and O–H groups in total. The number of nitrogens with zero attached hydrogens (tertiary/aromatic N) is 3. The third-order valence-corrected chi connectivity index (χ3v) is 5.06. The number of rotatable bonds is 4. The Morgan fingerprint density at radius 2 is 1.92 bits per heavy atom. The van der Waals surface area contributed by atoms with Crippen LogP contribution in [0.4, 0.5) is 5.82 Å². The van der Waals surface area contributed by atoms with Crippen LogP contribution in [-0.4, -0.2) is 40.1 Å². The molecule has 124 valence electrons. The van der Waals surface area contributed by atoms with Gasteiger partial charge in [0, 0.05) is 29.7 Å². The monoisotopic (exact) mass is 340 g/mol. The second-order valence-electron chi connectivity index (χ2n) is 5.89. The Kier molecular flexibility index (Phi) is 4.40. The summed E-state index contributed by atoms with van der Waals surface area (Å²) < 4.78 is 7.33. The van der Waals surface area contributed by atoms with E-state index in [4.69, 9.17) is 9.84 Å². The summed E-state index contributed by atoms with van der Waals surface area (Å²) >= 11 is 1.74. The van der Waals surface area contributed by atoms with Crippen molar-refractivity contribution in [3.63, 3.8) is 0 Å². The largest absolute Gasteiger partial charge is 0.381 e. The van der Waals surface area contributed by atoms with Gasteiger partial charge in [-0.2, -0.15) is 0 Å². The number of hydrogen-bond donors (Lipinski definition) is 1. The smallest absolute Gasteiger partial charge is 0.154 e. The molecule has 1 saturated heterocycles. The molecule has 1 fully saturated rings. The van der Waals surface area contributed by atoms with Gasteiger partial charge in [-0.1, -0.05) is 12.1 Å². The second-order valence-corrected chi connectivity index (χ2v) is 6.77. The average Bonchev–Trinajstić information content (AvgIpc) is 3.06. The van der Waals surface area contributed by atoms with Gasteiger partial charge < -0.3 is 10.1 Å². The quantitative estimate of drug-likeness (QED) is 0.734. The third kappa shape index (κ3) is 3.12. The van der Waals surface area contributed by atoms with E-state index in [1.807, 2.05) is 22.8 Å².